The summed E-state index contributed by atoms with van der Waals surface area (Å²) in [7, 11) is 0. The summed E-state index contributed by atoms with van der Waals surface area (Å²) in [6.45, 7) is 0. The lowest BCUT2D eigenvalue weighted by molar-refractivity contribution is 0.434. The molecule has 0 bridgehead atoms. The zero-order valence-electron chi connectivity index (χ0n) is 9.09. The van der Waals surface area contributed by atoms with E-state index < -0.39 is 0 Å². The molecule has 3 N–H and O–H groups in total. The molecule has 7 heteroatoms. The molecule has 0 aliphatic heterocycles. The molecule has 0 atom stereocenters. The van der Waals surface area contributed by atoms with E-state index in [2.05, 4.69) is 20.6 Å². The van der Waals surface area contributed by atoms with Crippen LogP contribution in [0.5, 0.6) is 0 Å². The van der Waals surface area contributed by atoms with E-state index in [9.17, 15) is 0 Å². The summed E-state index contributed by atoms with van der Waals surface area (Å²) in [5, 5.41) is 14.5. The summed E-state index contributed by atoms with van der Waals surface area (Å²) >= 11 is 6.15. The second-order valence-electron chi connectivity index (χ2n) is 3.61. The van der Waals surface area contributed by atoms with Gasteiger partial charge in [-0.15, -0.1) is 0 Å². The monoisotopic (exact) mass is 261 g/mol. The number of nitrogens with two attached hydrogens (primary N) is 1. The zero-order valence-corrected chi connectivity index (χ0v) is 9.85. The zero-order chi connectivity index (χ0) is 12.5. The second-order valence-corrected chi connectivity index (χ2v) is 4.01. The highest BCUT2D eigenvalue weighted by Crippen LogP contribution is 2.38. The number of H-pyrrole nitrogens is 1. The number of rotatable bonds is 2. The van der Waals surface area contributed by atoms with Gasteiger partial charge in [-0.2, -0.15) is 15.4 Å². The molecule has 3 rings (SSSR count). The fraction of sp³-hybridized carbons (Fsp3) is 0. The Morgan fingerprint density at radius 2 is 2.11 bits per heavy atom. The molecule has 0 saturated carbocycles. The summed E-state index contributed by atoms with van der Waals surface area (Å²) in [5.41, 5.74) is 7.71. The van der Waals surface area contributed by atoms with Crippen LogP contribution in [0.4, 0.5) is 5.82 Å². The van der Waals surface area contributed by atoms with Crippen LogP contribution in [0.25, 0.3) is 22.6 Å². The van der Waals surface area contributed by atoms with Crippen LogP contribution < -0.4 is 5.73 Å². The molecule has 18 heavy (non-hydrogen) atoms. The second kappa shape index (κ2) is 4.15. The maximum atomic E-state index is 6.15. The predicted molar refractivity (Wildman–Crippen MR) is 66.7 cm³/mol. The van der Waals surface area contributed by atoms with Crippen LogP contribution in [-0.2, 0) is 0 Å². The molecule has 0 radical (unpaired) electrons. The Kier molecular flexibility index (Phi) is 2.49. The van der Waals surface area contributed by atoms with E-state index in [1.165, 1.54) is 6.20 Å². The molecule has 2 aromatic heterocycles. The molecule has 1 aromatic carbocycles. The Morgan fingerprint density at radius 1 is 1.28 bits per heavy atom. The maximum Gasteiger partial charge on any atom is 0.198 e. The first kappa shape index (κ1) is 10.8. The summed E-state index contributed by atoms with van der Waals surface area (Å²) in [4.78, 5) is 0. The lowest BCUT2D eigenvalue weighted by atomic mass is 10.0. The highest BCUT2D eigenvalue weighted by Gasteiger charge is 2.21. The fourth-order valence-corrected chi connectivity index (χ4v) is 1.94. The first-order valence-electron chi connectivity index (χ1n) is 5.13. The van der Waals surface area contributed by atoms with Crippen LogP contribution in [0.15, 0.2) is 35.0 Å². The summed E-state index contributed by atoms with van der Waals surface area (Å²) in [6.07, 6.45) is 1.53. The number of nitrogens with zero attached hydrogens (tertiary/aromatic N) is 3. The van der Waals surface area contributed by atoms with Gasteiger partial charge in [-0.3, -0.25) is 0 Å². The predicted octanol–water partition coefficient (Wildman–Crippen LogP) is 2.36. The number of anilines is 1. The van der Waals surface area contributed by atoms with Gasteiger partial charge in [0.15, 0.2) is 17.3 Å². The average molecular weight is 262 g/mol. The number of aromatic nitrogens is 4. The molecule has 3 aromatic rings. The van der Waals surface area contributed by atoms with Crippen LogP contribution in [-0.4, -0.2) is 20.6 Å². The van der Waals surface area contributed by atoms with Gasteiger partial charge in [-0.1, -0.05) is 35.0 Å². The Morgan fingerprint density at radius 3 is 2.83 bits per heavy atom. The summed E-state index contributed by atoms with van der Waals surface area (Å²) in [5.74, 6) is 0.704. The molecule has 0 fully saturated rings. The van der Waals surface area contributed by atoms with Gasteiger partial charge in [-0.05, 0) is 6.07 Å². The Labute approximate surface area is 107 Å². The number of halogens is 1. The van der Waals surface area contributed by atoms with Crippen molar-refractivity contribution in [1.82, 2.24) is 20.6 Å². The van der Waals surface area contributed by atoms with E-state index in [1.807, 2.05) is 18.2 Å². The van der Waals surface area contributed by atoms with Gasteiger partial charge < -0.3 is 10.3 Å². The van der Waals surface area contributed by atoms with Crippen molar-refractivity contribution >= 4 is 17.4 Å². The van der Waals surface area contributed by atoms with E-state index in [-0.39, 0.29) is 5.82 Å². The summed E-state index contributed by atoms with van der Waals surface area (Å²) in [6, 6.07) is 7.32. The van der Waals surface area contributed by atoms with Gasteiger partial charge in [0.05, 0.1) is 11.8 Å². The molecular formula is C11H8ClN5O. The SMILES string of the molecule is Nc1noc(-c2cn[nH]n2)c1-c1ccccc1Cl. The Balaban J connectivity index is 2.24. The van der Waals surface area contributed by atoms with Crippen LogP contribution in [0.3, 0.4) is 0 Å². The molecule has 90 valence electrons. The number of hydrogen-bond acceptors (Lipinski definition) is 5. The quantitative estimate of drug-likeness (QED) is 0.738. The van der Waals surface area contributed by atoms with E-state index in [1.54, 1.807) is 6.07 Å². The third kappa shape index (κ3) is 1.63. The largest absolute Gasteiger partial charge is 0.380 e. The number of nitrogen functional groups attached to an aromatic ring is 1. The van der Waals surface area contributed by atoms with Crippen molar-refractivity contribution in [3.63, 3.8) is 0 Å². The number of hydrogen-bond donors (Lipinski definition) is 2. The van der Waals surface area contributed by atoms with Gasteiger partial charge in [0.25, 0.3) is 0 Å². The number of nitrogens with one attached hydrogen (secondary N) is 1. The molecule has 2 heterocycles. The molecule has 0 saturated heterocycles. The highest BCUT2D eigenvalue weighted by molar-refractivity contribution is 6.33. The smallest absolute Gasteiger partial charge is 0.198 e. The molecule has 0 aliphatic rings. The van der Waals surface area contributed by atoms with Gasteiger partial charge in [-0.25, -0.2) is 0 Å². The van der Waals surface area contributed by atoms with E-state index >= 15 is 0 Å². The molecule has 6 nitrogen and oxygen atoms in total. The molecular weight excluding hydrogens is 254 g/mol. The molecule has 0 unspecified atom stereocenters. The third-order valence-electron chi connectivity index (χ3n) is 2.51. The van der Waals surface area contributed by atoms with Gasteiger partial charge in [0.1, 0.15) is 0 Å². The van der Waals surface area contributed by atoms with Gasteiger partial charge in [0.2, 0.25) is 0 Å². The van der Waals surface area contributed by atoms with Gasteiger partial charge in [0, 0.05) is 10.6 Å². The maximum absolute atomic E-state index is 6.15. The van der Waals surface area contributed by atoms with Crippen LogP contribution >= 0.6 is 11.6 Å². The van der Waals surface area contributed by atoms with Crippen molar-refractivity contribution in [1.29, 1.82) is 0 Å². The van der Waals surface area contributed by atoms with Crippen molar-refractivity contribution in [2.24, 2.45) is 0 Å². The minimum Gasteiger partial charge on any atom is -0.380 e. The minimum atomic E-state index is 0.265. The first-order chi connectivity index (χ1) is 8.77. The average Bonchev–Trinajstić information content (AvgIpc) is 2.99. The summed E-state index contributed by atoms with van der Waals surface area (Å²) < 4.78 is 5.19. The van der Waals surface area contributed by atoms with Crippen LogP contribution in [0, 0.1) is 0 Å². The van der Waals surface area contributed by atoms with Crippen LogP contribution in [0.2, 0.25) is 5.02 Å². The number of benzene rings is 1. The lowest BCUT2D eigenvalue weighted by Gasteiger charge is -2.02. The normalized spacial score (nSPS) is 10.7. The van der Waals surface area contributed by atoms with Gasteiger partial charge >= 0.3 is 0 Å². The molecule has 0 amide bonds. The van der Waals surface area contributed by atoms with E-state index in [0.717, 1.165) is 5.56 Å². The van der Waals surface area contributed by atoms with Crippen molar-refractivity contribution < 1.29 is 4.52 Å². The minimum absolute atomic E-state index is 0.265. The number of aromatic amines is 1. The van der Waals surface area contributed by atoms with Crippen LogP contribution in [0.1, 0.15) is 0 Å². The Bertz CT molecular complexity index is 677. The topological polar surface area (TPSA) is 93.6 Å². The van der Waals surface area contributed by atoms with E-state index in [0.29, 0.717) is 22.0 Å². The highest BCUT2D eigenvalue weighted by atomic mass is 35.5. The van der Waals surface area contributed by atoms with Crippen molar-refractivity contribution in [3.05, 3.63) is 35.5 Å². The third-order valence-corrected chi connectivity index (χ3v) is 2.84. The molecule has 0 spiro atoms. The standard InChI is InChI=1S/C11H8ClN5O/c12-7-4-2-1-3-6(7)9-10(18-16-11(9)13)8-5-14-17-15-8/h1-5H,(H2,13,16)(H,14,15,17). The first-order valence-corrected chi connectivity index (χ1v) is 5.51. The molecule has 0 aliphatic carbocycles. The lowest BCUT2D eigenvalue weighted by Crippen LogP contribution is -1.89. The van der Waals surface area contributed by atoms with Crippen molar-refractivity contribution in [2.75, 3.05) is 5.73 Å². The Hall–Kier alpha value is -2.34. The fourth-order valence-electron chi connectivity index (χ4n) is 1.71. The van der Waals surface area contributed by atoms with E-state index in [4.69, 9.17) is 21.9 Å². The van der Waals surface area contributed by atoms with Crippen molar-refractivity contribution in [2.45, 2.75) is 0 Å². The van der Waals surface area contributed by atoms with Crippen molar-refractivity contribution in [3.8, 4) is 22.6 Å².